The van der Waals surface area contributed by atoms with Gasteiger partial charge in [-0.1, -0.05) is 12.1 Å². The third-order valence-electron chi connectivity index (χ3n) is 3.69. The Morgan fingerprint density at radius 3 is 2.83 bits per heavy atom. The third-order valence-corrected chi connectivity index (χ3v) is 4.56. The van der Waals surface area contributed by atoms with Gasteiger partial charge in [0, 0.05) is 13.1 Å². The Kier molecular flexibility index (Phi) is 5.00. The number of benzene rings is 1. The molecule has 1 aliphatic heterocycles. The van der Waals surface area contributed by atoms with Crippen molar-refractivity contribution in [1.82, 2.24) is 10.2 Å². The summed E-state index contributed by atoms with van der Waals surface area (Å²) in [6.45, 7) is 3.13. The van der Waals surface area contributed by atoms with Crippen molar-refractivity contribution in [3.63, 3.8) is 0 Å². The maximum Gasteiger partial charge on any atom is 0.261 e. The normalized spacial score (nSPS) is 12.0. The highest BCUT2D eigenvalue weighted by Crippen LogP contribution is 2.32. The number of fused-ring (bicyclic) bond motifs is 1. The topological polar surface area (TPSA) is 67.9 Å². The molecule has 0 aliphatic carbocycles. The lowest BCUT2D eigenvalue weighted by Gasteiger charge is -2.21. The Morgan fingerprint density at radius 1 is 1.25 bits per heavy atom. The van der Waals surface area contributed by atoms with Crippen LogP contribution in [0.2, 0.25) is 0 Å². The minimum absolute atomic E-state index is 0.0187. The number of ether oxygens (including phenoxy) is 2. The van der Waals surface area contributed by atoms with Crippen LogP contribution in [-0.2, 0) is 11.3 Å². The zero-order valence-corrected chi connectivity index (χ0v) is 14.1. The maximum atomic E-state index is 12.3. The van der Waals surface area contributed by atoms with Crippen molar-refractivity contribution in [3.05, 3.63) is 46.2 Å². The summed E-state index contributed by atoms with van der Waals surface area (Å²) in [6.07, 6.45) is 0. The summed E-state index contributed by atoms with van der Waals surface area (Å²) in [5.74, 6) is 1.07. The first-order valence-corrected chi connectivity index (χ1v) is 8.53. The number of carbonyl (C=O) groups excluding carboxylic acids is 2. The van der Waals surface area contributed by atoms with Crippen molar-refractivity contribution < 1.29 is 19.1 Å². The van der Waals surface area contributed by atoms with Crippen LogP contribution in [0.15, 0.2) is 35.7 Å². The Hall–Kier alpha value is -2.54. The van der Waals surface area contributed by atoms with E-state index in [0.717, 1.165) is 11.3 Å². The fraction of sp³-hybridized carbons (Fsp3) is 0.294. The van der Waals surface area contributed by atoms with Crippen LogP contribution in [0.1, 0.15) is 22.2 Å². The summed E-state index contributed by atoms with van der Waals surface area (Å²) in [6, 6.07) is 9.17. The average Bonchev–Trinajstić information content (AvgIpc) is 3.27. The summed E-state index contributed by atoms with van der Waals surface area (Å²) in [7, 11) is 0. The lowest BCUT2D eigenvalue weighted by Crippen LogP contribution is -2.39. The lowest BCUT2D eigenvalue weighted by atomic mass is 10.2. The highest BCUT2D eigenvalue weighted by Gasteiger charge is 2.17. The zero-order valence-electron chi connectivity index (χ0n) is 13.3. The van der Waals surface area contributed by atoms with Crippen molar-refractivity contribution in [2.24, 2.45) is 0 Å². The Bertz CT molecular complexity index is 730. The van der Waals surface area contributed by atoms with Gasteiger partial charge in [0.2, 0.25) is 12.7 Å². The molecule has 0 saturated heterocycles. The van der Waals surface area contributed by atoms with Crippen LogP contribution in [0.3, 0.4) is 0 Å². The van der Waals surface area contributed by atoms with Gasteiger partial charge in [0.1, 0.15) is 0 Å². The molecule has 0 radical (unpaired) electrons. The second-order valence-corrected chi connectivity index (χ2v) is 6.20. The van der Waals surface area contributed by atoms with E-state index in [0.29, 0.717) is 23.7 Å². The van der Waals surface area contributed by atoms with E-state index in [4.69, 9.17) is 9.47 Å². The molecule has 1 aromatic carbocycles. The van der Waals surface area contributed by atoms with Gasteiger partial charge in [-0.2, -0.15) is 0 Å². The summed E-state index contributed by atoms with van der Waals surface area (Å²) in [5, 5.41) is 4.49. The number of nitrogens with zero attached hydrogens (tertiary/aromatic N) is 1. The summed E-state index contributed by atoms with van der Waals surface area (Å²) >= 11 is 1.35. The van der Waals surface area contributed by atoms with Crippen molar-refractivity contribution in [1.29, 1.82) is 0 Å². The van der Waals surface area contributed by atoms with Gasteiger partial charge in [-0.05, 0) is 36.1 Å². The molecule has 0 atom stereocenters. The molecule has 2 aromatic rings. The molecule has 2 amide bonds. The molecule has 126 valence electrons. The lowest BCUT2D eigenvalue weighted by molar-refractivity contribution is -0.130. The fourth-order valence-corrected chi connectivity index (χ4v) is 3.04. The van der Waals surface area contributed by atoms with Gasteiger partial charge in [-0.25, -0.2) is 0 Å². The monoisotopic (exact) mass is 346 g/mol. The zero-order chi connectivity index (χ0) is 16.9. The largest absolute Gasteiger partial charge is 0.454 e. The van der Waals surface area contributed by atoms with Crippen LogP contribution in [-0.4, -0.2) is 36.6 Å². The maximum absolute atomic E-state index is 12.3. The standard InChI is InChI=1S/C17H18N2O4S/c1-2-19(10-12-5-6-13-14(8-12)23-11-22-13)16(20)9-18-17(21)15-4-3-7-24-15/h3-8H,2,9-11H2,1H3,(H,18,21). The number of carbonyl (C=O) groups is 2. The van der Waals surface area contributed by atoms with Gasteiger partial charge in [0.05, 0.1) is 11.4 Å². The molecule has 1 aromatic heterocycles. The summed E-state index contributed by atoms with van der Waals surface area (Å²) in [4.78, 5) is 26.5. The molecule has 0 spiro atoms. The third kappa shape index (κ3) is 3.68. The van der Waals surface area contributed by atoms with Crippen molar-refractivity contribution in [2.75, 3.05) is 19.9 Å². The number of hydrogen-bond acceptors (Lipinski definition) is 5. The van der Waals surface area contributed by atoms with E-state index in [2.05, 4.69) is 5.32 Å². The quantitative estimate of drug-likeness (QED) is 0.871. The van der Waals surface area contributed by atoms with Crippen molar-refractivity contribution >= 4 is 23.2 Å². The predicted molar refractivity (Wildman–Crippen MR) is 90.3 cm³/mol. The SMILES string of the molecule is CCN(Cc1ccc2c(c1)OCO2)C(=O)CNC(=O)c1cccs1. The van der Waals surface area contributed by atoms with Gasteiger partial charge in [0.25, 0.3) is 5.91 Å². The minimum Gasteiger partial charge on any atom is -0.454 e. The predicted octanol–water partition coefficient (Wildman–Crippen LogP) is 2.26. The van der Waals surface area contributed by atoms with Crippen LogP contribution >= 0.6 is 11.3 Å². The second-order valence-electron chi connectivity index (χ2n) is 5.26. The molecule has 0 bridgehead atoms. The van der Waals surface area contributed by atoms with Crippen LogP contribution in [0, 0.1) is 0 Å². The van der Waals surface area contributed by atoms with Crippen molar-refractivity contribution in [3.8, 4) is 11.5 Å². The molecule has 0 unspecified atom stereocenters. The molecule has 0 saturated carbocycles. The highest BCUT2D eigenvalue weighted by atomic mass is 32.1. The highest BCUT2D eigenvalue weighted by molar-refractivity contribution is 7.12. The number of amides is 2. The molecule has 24 heavy (non-hydrogen) atoms. The Labute approximate surface area is 144 Å². The smallest absolute Gasteiger partial charge is 0.261 e. The molecule has 0 fully saturated rings. The molecule has 1 N–H and O–H groups in total. The van der Waals surface area contributed by atoms with Gasteiger partial charge in [0.15, 0.2) is 11.5 Å². The summed E-state index contributed by atoms with van der Waals surface area (Å²) < 4.78 is 10.6. The number of nitrogens with one attached hydrogen (secondary N) is 1. The number of thiophene rings is 1. The molecule has 7 heteroatoms. The first kappa shape index (κ1) is 16.3. The number of hydrogen-bond donors (Lipinski definition) is 1. The summed E-state index contributed by atoms with van der Waals surface area (Å²) in [5.41, 5.74) is 0.957. The van der Waals surface area contributed by atoms with Crippen LogP contribution in [0.4, 0.5) is 0 Å². The van der Waals surface area contributed by atoms with Gasteiger partial charge in [-0.3, -0.25) is 9.59 Å². The van der Waals surface area contributed by atoms with E-state index in [-0.39, 0.29) is 25.2 Å². The van der Waals surface area contributed by atoms with Crippen LogP contribution in [0.25, 0.3) is 0 Å². The van der Waals surface area contributed by atoms with Gasteiger partial charge in [-0.15, -0.1) is 11.3 Å². The molecule has 2 heterocycles. The molecular weight excluding hydrogens is 328 g/mol. The first-order chi connectivity index (χ1) is 11.7. The van der Waals surface area contributed by atoms with Crippen LogP contribution in [0.5, 0.6) is 11.5 Å². The average molecular weight is 346 g/mol. The molecule has 3 rings (SSSR count). The van der Waals surface area contributed by atoms with E-state index in [9.17, 15) is 9.59 Å². The van der Waals surface area contributed by atoms with E-state index < -0.39 is 0 Å². The van der Waals surface area contributed by atoms with Gasteiger partial charge < -0.3 is 19.7 Å². The van der Waals surface area contributed by atoms with Crippen molar-refractivity contribution in [2.45, 2.75) is 13.5 Å². The number of likely N-dealkylation sites (N-methyl/N-ethyl adjacent to an activating group) is 1. The fourth-order valence-electron chi connectivity index (χ4n) is 2.40. The second kappa shape index (κ2) is 7.35. The molecule has 1 aliphatic rings. The van der Waals surface area contributed by atoms with E-state index >= 15 is 0 Å². The number of rotatable bonds is 6. The Morgan fingerprint density at radius 2 is 2.08 bits per heavy atom. The minimum atomic E-state index is -0.225. The van der Waals surface area contributed by atoms with E-state index in [1.807, 2.05) is 30.5 Å². The molecule has 6 nitrogen and oxygen atoms in total. The van der Waals surface area contributed by atoms with Gasteiger partial charge >= 0.3 is 0 Å². The first-order valence-electron chi connectivity index (χ1n) is 7.65. The van der Waals surface area contributed by atoms with E-state index in [1.165, 1.54) is 11.3 Å². The molecular formula is C17H18N2O4S. The Balaban J connectivity index is 1.57. The van der Waals surface area contributed by atoms with Crippen LogP contribution < -0.4 is 14.8 Å². The van der Waals surface area contributed by atoms with E-state index in [1.54, 1.807) is 17.0 Å².